The van der Waals surface area contributed by atoms with Crippen LogP contribution in [0.15, 0.2) is 24.3 Å². The van der Waals surface area contributed by atoms with E-state index in [4.69, 9.17) is 11.0 Å². The third-order valence-corrected chi connectivity index (χ3v) is 1.21. The van der Waals surface area contributed by atoms with Crippen LogP contribution in [0, 0.1) is 17.9 Å². The summed E-state index contributed by atoms with van der Waals surface area (Å²) in [4.78, 5) is 0. The molecule has 0 unspecified atom stereocenters. The standard InChI is InChI=1S/C8H7N2/c9-5-7-2-1-3-8(4-7)6-10/h1-5H,9H2. The summed E-state index contributed by atoms with van der Waals surface area (Å²) in [5.74, 6) is 0. The Balaban J connectivity index is 3.01. The van der Waals surface area contributed by atoms with E-state index >= 15 is 0 Å². The predicted molar refractivity (Wildman–Crippen MR) is 38.7 cm³/mol. The summed E-state index contributed by atoms with van der Waals surface area (Å²) in [5, 5.41) is 8.45. The molecule has 2 heteroatoms. The van der Waals surface area contributed by atoms with Crippen LogP contribution in [0.3, 0.4) is 0 Å². The lowest BCUT2D eigenvalue weighted by atomic mass is 10.1. The van der Waals surface area contributed by atoms with Crippen molar-refractivity contribution in [2.45, 2.75) is 0 Å². The third kappa shape index (κ3) is 1.34. The summed E-state index contributed by atoms with van der Waals surface area (Å²) in [6.07, 6.45) is 0. The van der Waals surface area contributed by atoms with Crippen molar-refractivity contribution in [3.8, 4) is 6.07 Å². The summed E-state index contributed by atoms with van der Waals surface area (Å²) in [5.41, 5.74) is 6.75. The van der Waals surface area contributed by atoms with Gasteiger partial charge in [-0.2, -0.15) is 5.26 Å². The van der Waals surface area contributed by atoms with E-state index in [1.54, 1.807) is 18.2 Å². The van der Waals surface area contributed by atoms with Gasteiger partial charge in [-0.05, 0) is 17.7 Å². The first-order valence-electron chi connectivity index (χ1n) is 2.92. The molecule has 10 heavy (non-hydrogen) atoms. The van der Waals surface area contributed by atoms with Crippen molar-refractivity contribution >= 4 is 0 Å². The summed E-state index contributed by atoms with van der Waals surface area (Å²) in [6.45, 7) is 1.47. The van der Waals surface area contributed by atoms with Crippen molar-refractivity contribution in [3.63, 3.8) is 0 Å². The zero-order valence-electron chi connectivity index (χ0n) is 5.41. The minimum atomic E-state index is 0.638. The van der Waals surface area contributed by atoms with Gasteiger partial charge in [0.2, 0.25) is 0 Å². The lowest BCUT2D eigenvalue weighted by Crippen LogP contribution is -1.91. The van der Waals surface area contributed by atoms with Gasteiger partial charge in [0, 0.05) is 6.54 Å². The first-order chi connectivity index (χ1) is 4.86. The van der Waals surface area contributed by atoms with Gasteiger partial charge >= 0.3 is 0 Å². The zero-order chi connectivity index (χ0) is 7.40. The number of hydrogen-bond acceptors (Lipinski definition) is 2. The number of hydrogen-bond donors (Lipinski definition) is 1. The highest BCUT2D eigenvalue weighted by molar-refractivity contribution is 5.35. The number of nitrogens with two attached hydrogens (primary N) is 1. The minimum Gasteiger partial charge on any atom is -0.322 e. The molecule has 0 aliphatic carbocycles. The molecular weight excluding hydrogens is 124 g/mol. The Morgan fingerprint density at radius 3 is 2.90 bits per heavy atom. The minimum absolute atomic E-state index is 0.638. The van der Waals surface area contributed by atoms with Crippen molar-refractivity contribution in [2.75, 3.05) is 0 Å². The summed E-state index contributed by atoms with van der Waals surface area (Å²) >= 11 is 0. The van der Waals surface area contributed by atoms with Crippen molar-refractivity contribution in [1.82, 2.24) is 0 Å². The van der Waals surface area contributed by atoms with Gasteiger partial charge in [0.15, 0.2) is 0 Å². The van der Waals surface area contributed by atoms with Crippen LogP contribution < -0.4 is 5.73 Å². The molecule has 0 aliphatic heterocycles. The fourth-order valence-electron chi connectivity index (χ4n) is 0.712. The smallest absolute Gasteiger partial charge is 0.0991 e. The van der Waals surface area contributed by atoms with Gasteiger partial charge in [0.05, 0.1) is 11.6 Å². The molecule has 1 rings (SSSR count). The molecule has 49 valence electrons. The summed E-state index contributed by atoms with van der Waals surface area (Å²) in [6, 6.07) is 9.16. The lowest BCUT2D eigenvalue weighted by molar-refractivity contribution is 1.34. The molecule has 0 saturated heterocycles. The molecule has 1 aromatic carbocycles. The quantitative estimate of drug-likeness (QED) is 0.618. The molecule has 0 spiro atoms. The van der Waals surface area contributed by atoms with Crippen molar-refractivity contribution < 1.29 is 0 Å². The lowest BCUT2D eigenvalue weighted by Gasteiger charge is -1.93. The number of nitriles is 1. The second-order valence-corrected chi connectivity index (χ2v) is 1.90. The predicted octanol–water partition coefficient (Wildman–Crippen LogP) is 1.03. The van der Waals surface area contributed by atoms with Gasteiger partial charge in [-0.1, -0.05) is 12.1 Å². The van der Waals surface area contributed by atoms with Crippen LogP contribution >= 0.6 is 0 Å². The van der Waals surface area contributed by atoms with Crippen LogP contribution in [-0.4, -0.2) is 0 Å². The van der Waals surface area contributed by atoms with Crippen LogP contribution in [0.5, 0.6) is 0 Å². The number of rotatable bonds is 1. The maximum Gasteiger partial charge on any atom is 0.0991 e. The van der Waals surface area contributed by atoms with E-state index in [2.05, 4.69) is 0 Å². The Labute approximate surface area is 59.9 Å². The molecule has 0 saturated carbocycles. The van der Waals surface area contributed by atoms with Crippen molar-refractivity contribution in [1.29, 1.82) is 5.26 Å². The molecule has 0 bridgehead atoms. The molecule has 2 nitrogen and oxygen atoms in total. The van der Waals surface area contributed by atoms with Crippen molar-refractivity contribution in [2.24, 2.45) is 5.73 Å². The Bertz CT molecular complexity index is 260. The van der Waals surface area contributed by atoms with E-state index in [9.17, 15) is 0 Å². The topological polar surface area (TPSA) is 49.8 Å². The Kier molecular flexibility index (Phi) is 2.03. The van der Waals surface area contributed by atoms with Gasteiger partial charge in [-0.3, -0.25) is 0 Å². The zero-order valence-corrected chi connectivity index (χ0v) is 5.41. The van der Waals surface area contributed by atoms with Crippen LogP contribution in [0.1, 0.15) is 11.1 Å². The van der Waals surface area contributed by atoms with Crippen LogP contribution in [0.4, 0.5) is 0 Å². The third-order valence-electron chi connectivity index (χ3n) is 1.21. The van der Waals surface area contributed by atoms with Crippen LogP contribution in [0.25, 0.3) is 0 Å². The molecule has 0 fully saturated rings. The summed E-state index contributed by atoms with van der Waals surface area (Å²) in [7, 11) is 0. The fourth-order valence-corrected chi connectivity index (χ4v) is 0.712. The highest BCUT2D eigenvalue weighted by Crippen LogP contribution is 2.02. The molecule has 0 heterocycles. The highest BCUT2D eigenvalue weighted by Gasteiger charge is 1.90. The molecule has 0 amide bonds. The van der Waals surface area contributed by atoms with E-state index in [0.29, 0.717) is 5.56 Å². The van der Waals surface area contributed by atoms with Gasteiger partial charge < -0.3 is 5.73 Å². The normalized spacial score (nSPS) is 8.80. The second-order valence-electron chi connectivity index (χ2n) is 1.90. The first kappa shape index (κ1) is 6.79. The van der Waals surface area contributed by atoms with E-state index < -0.39 is 0 Å². The van der Waals surface area contributed by atoms with Gasteiger partial charge in [0.25, 0.3) is 0 Å². The fraction of sp³-hybridized carbons (Fsp3) is 0. The molecular formula is C8H7N2. The summed E-state index contributed by atoms with van der Waals surface area (Å²) < 4.78 is 0. The SMILES string of the molecule is N#Cc1cccc([CH]N)c1. The molecule has 2 N–H and O–H groups in total. The van der Waals surface area contributed by atoms with Gasteiger partial charge in [-0.15, -0.1) is 0 Å². The average molecular weight is 131 g/mol. The van der Waals surface area contributed by atoms with Crippen LogP contribution in [0.2, 0.25) is 0 Å². The maximum absolute atomic E-state index is 8.45. The second kappa shape index (κ2) is 3.00. The number of benzene rings is 1. The molecule has 0 aliphatic rings. The first-order valence-corrected chi connectivity index (χ1v) is 2.92. The van der Waals surface area contributed by atoms with E-state index in [1.807, 2.05) is 12.1 Å². The van der Waals surface area contributed by atoms with E-state index in [1.165, 1.54) is 6.54 Å². The Hall–Kier alpha value is -1.33. The Morgan fingerprint density at radius 1 is 1.50 bits per heavy atom. The van der Waals surface area contributed by atoms with E-state index in [-0.39, 0.29) is 0 Å². The highest BCUT2D eigenvalue weighted by atomic mass is 14.5. The largest absolute Gasteiger partial charge is 0.322 e. The van der Waals surface area contributed by atoms with Crippen molar-refractivity contribution in [3.05, 3.63) is 41.9 Å². The maximum atomic E-state index is 8.45. The van der Waals surface area contributed by atoms with E-state index in [0.717, 1.165) is 5.56 Å². The molecule has 1 aromatic rings. The van der Waals surface area contributed by atoms with Gasteiger partial charge in [-0.25, -0.2) is 0 Å². The monoisotopic (exact) mass is 131 g/mol. The molecule has 0 atom stereocenters. The van der Waals surface area contributed by atoms with Crippen LogP contribution in [-0.2, 0) is 0 Å². The number of nitrogens with zero attached hydrogens (tertiary/aromatic N) is 1. The van der Waals surface area contributed by atoms with Gasteiger partial charge in [0.1, 0.15) is 0 Å². The average Bonchev–Trinajstić information content (AvgIpc) is 2.05. The molecule has 1 radical (unpaired) electrons. The molecule has 0 aromatic heterocycles. The Morgan fingerprint density at radius 2 is 2.30 bits per heavy atom.